The molecule has 0 spiro atoms. The van der Waals surface area contributed by atoms with Gasteiger partial charge in [-0.1, -0.05) is 19.1 Å². The number of nitrogens with one attached hydrogen (secondary N) is 2. The van der Waals surface area contributed by atoms with E-state index in [2.05, 4.69) is 17.6 Å². The summed E-state index contributed by atoms with van der Waals surface area (Å²) in [6.07, 6.45) is 0.919. The summed E-state index contributed by atoms with van der Waals surface area (Å²) in [5.41, 5.74) is 2.10. The monoisotopic (exact) mass is 415 g/mol. The van der Waals surface area contributed by atoms with Crippen LogP contribution in [0.25, 0.3) is 0 Å². The van der Waals surface area contributed by atoms with E-state index in [1.54, 1.807) is 6.07 Å². The molecule has 2 fully saturated rings. The van der Waals surface area contributed by atoms with Crippen molar-refractivity contribution in [3.63, 3.8) is 0 Å². The van der Waals surface area contributed by atoms with Crippen LogP contribution in [0.3, 0.4) is 0 Å². The van der Waals surface area contributed by atoms with E-state index in [9.17, 15) is 19.2 Å². The minimum atomic E-state index is -0.639. The highest BCUT2D eigenvalue weighted by Gasteiger charge is 2.39. The number of piperidine rings is 1. The fraction of sp³-hybridized carbons (Fsp3) is 0.524. The van der Waals surface area contributed by atoms with Crippen LogP contribution in [0.4, 0.5) is 4.79 Å². The zero-order valence-electron chi connectivity index (χ0n) is 16.8. The Morgan fingerprint density at radius 3 is 2.87 bits per heavy atom. The first-order valence-corrected chi connectivity index (χ1v) is 10.2. The van der Waals surface area contributed by atoms with Crippen molar-refractivity contribution in [3.8, 4) is 0 Å². The summed E-state index contributed by atoms with van der Waals surface area (Å²) in [4.78, 5) is 49.8. The van der Waals surface area contributed by atoms with Gasteiger partial charge in [0.25, 0.3) is 5.91 Å². The zero-order chi connectivity index (χ0) is 21.3. The molecule has 4 rings (SSSR count). The number of rotatable bonds is 5. The average Bonchev–Trinajstić information content (AvgIpc) is 3.28. The smallest absolute Gasteiger partial charge is 0.407 e. The zero-order valence-corrected chi connectivity index (χ0v) is 16.8. The van der Waals surface area contributed by atoms with Gasteiger partial charge in [0.15, 0.2) is 0 Å². The van der Waals surface area contributed by atoms with Crippen LogP contribution in [-0.2, 0) is 32.2 Å². The maximum atomic E-state index is 12.8. The first kappa shape index (κ1) is 20.3. The minimum absolute atomic E-state index is 0.0633. The number of carbonyl (C=O) groups is 4. The lowest BCUT2D eigenvalue weighted by Gasteiger charge is -2.29. The largest absolute Gasteiger partial charge is 0.447 e. The molecule has 2 N–H and O–H groups in total. The topological polar surface area (TPSA) is 114 Å². The van der Waals surface area contributed by atoms with Crippen LogP contribution in [0.1, 0.15) is 47.7 Å². The molecule has 3 heterocycles. The van der Waals surface area contributed by atoms with Crippen molar-refractivity contribution in [1.29, 1.82) is 0 Å². The molecule has 1 aromatic rings. The molecule has 0 bridgehead atoms. The number of hydrogen-bond donors (Lipinski definition) is 2. The number of alkyl carbamates (subject to hydrolysis) is 1. The predicted molar refractivity (Wildman–Crippen MR) is 104 cm³/mol. The number of amides is 4. The van der Waals surface area contributed by atoms with E-state index in [1.807, 2.05) is 12.1 Å². The fourth-order valence-corrected chi connectivity index (χ4v) is 4.06. The van der Waals surface area contributed by atoms with Crippen LogP contribution in [0.2, 0.25) is 0 Å². The third-order valence-electron chi connectivity index (χ3n) is 5.95. The van der Waals surface area contributed by atoms with Crippen LogP contribution in [0.15, 0.2) is 18.2 Å². The quantitative estimate of drug-likeness (QED) is 0.696. The van der Waals surface area contributed by atoms with E-state index in [0.29, 0.717) is 31.1 Å². The lowest BCUT2D eigenvalue weighted by molar-refractivity contribution is -0.136. The summed E-state index contributed by atoms with van der Waals surface area (Å²) in [7, 11) is 0. The van der Waals surface area contributed by atoms with E-state index in [0.717, 1.165) is 17.5 Å². The number of nitrogens with zero attached hydrogens (tertiary/aromatic N) is 1. The second-order valence-electron chi connectivity index (χ2n) is 8.02. The Balaban J connectivity index is 1.32. The summed E-state index contributed by atoms with van der Waals surface area (Å²) >= 11 is 0. The molecule has 0 radical (unpaired) electrons. The van der Waals surface area contributed by atoms with Gasteiger partial charge in [0.05, 0.1) is 6.10 Å². The van der Waals surface area contributed by atoms with Gasteiger partial charge < -0.3 is 19.7 Å². The van der Waals surface area contributed by atoms with Gasteiger partial charge in [-0.2, -0.15) is 0 Å². The van der Waals surface area contributed by atoms with Gasteiger partial charge in [-0.25, -0.2) is 4.79 Å². The standard InChI is InChI=1S/C21H25N3O6/c1-12-6-7-29-17(12)11-30-21(28)22-9-13-2-3-14-10-24(20(27)15(14)8-13)16-4-5-18(25)23-19(16)26/h2-3,8,12,16-17H,4-7,9-11H2,1H3,(H,22,28)(H,23,25,26)/t12-,16+,17-/m0/s1. The second kappa shape index (κ2) is 8.43. The highest BCUT2D eigenvalue weighted by atomic mass is 16.6. The van der Waals surface area contributed by atoms with E-state index in [-0.39, 0.29) is 37.5 Å². The molecule has 0 saturated carbocycles. The van der Waals surface area contributed by atoms with Crippen LogP contribution in [0, 0.1) is 5.92 Å². The molecular weight excluding hydrogens is 390 g/mol. The molecule has 30 heavy (non-hydrogen) atoms. The van der Waals surface area contributed by atoms with Gasteiger partial charge in [0.2, 0.25) is 11.8 Å². The van der Waals surface area contributed by atoms with Gasteiger partial charge >= 0.3 is 6.09 Å². The maximum absolute atomic E-state index is 12.8. The molecule has 3 aliphatic rings. The van der Waals surface area contributed by atoms with Gasteiger partial charge in [-0.15, -0.1) is 0 Å². The SMILES string of the molecule is C[C@H]1CCO[C@H]1COC(=O)NCc1ccc2c(c1)C(=O)N([C@@H]1CCC(=O)NC1=O)C2. The summed E-state index contributed by atoms with van der Waals surface area (Å²) in [6.45, 7) is 3.53. The van der Waals surface area contributed by atoms with Crippen LogP contribution in [-0.4, -0.2) is 54.1 Å². The number of carbonyl (C=O) groups excluding carboxylic acids is 4. The van der Waals surface area contributed by atoms with Crippen molar-refractivity contribution in [1.82, 2.24) is 15.5 Å². The van der Waals surface area contributed by atoms with E-state index >= 15 is 0 Å². The van der Waals surface area contributed by atoms with Gasteiger partial charge in [-0.05, 0) is 36.0 Å². The Morgan fingerprint density at radius 1 is 1.30 bits per heavy atom. The normalized spacial score (nSPS) is 25.8. The Bertz CT molecular complexity index is 885. The van der Waals surface area contributed by atoms with Crippen molar-refractivity contribution in [2.45, 2.75) is 51.4 Å². The first-order valence-electron chi connectivity index (χ1n) is 10.2. The third kappa shape index (κ3) is 4.16. The number of benzene rings is 1. The van der Waals surface area contributed by atoms with Crippen LogP contribution in [0.5, 0.6) is 0 Å². The fourth-order valence-electron chi connectivity index (χ4n) is 4.06. The molecule has 1 aromatic carbocycles. The van der Waals surface area contributed by atoms with E-state index < -0.39 is 18.0 Å². The Hall–Kier alpha value is -2.94. The van der Waals surface area contributed by atoms with Crippen molar-refractivity contribution in [3.05, 3.63) is 34.9 Å². The first-order chi connectivity index (χ1) is 14.4. The lowest BCUT2D eigenvalue weighted by Crippen LogP contribution is -2.52. The van der Waals surface area contributed by atoms with Crippen LogP contribution >= 0.6 is 0 Å². The van der Waals surface area contributed by atoms with Gasteiger partial charge in [0.1, 0.15) is 12.6 Å². The Morgan fingerprint density at radius 2 is 2.13 bits per heavy atom. The summed E-state index contributed by atoms with van der Waals surface area (Å²) in [5.74, 6) is -0.614. The second-order valence-corrected chi connectivity index (χ2v) is 8.02. The number of imide groups is 1. The third-order valence-corrected chi connectivity index (χ3v) is 5.95. The number of ether oxygens (including phenoxy) is 2. The molecule has 4 amide bonds. The molecule has 0 aliphatic carbocycles. The van der Waals surface area contributed by atoms with Crippen molar-refractivity contribution in [2.75, 3.05) is 13.2 Å². The maximum Gasteiger partial charge on any atom is 0.407 e. The van der Waals surface area contributed by atoms with Gasteiger partial charge in [-0.3, -0.25) is 19.7 Å². The predicted octanol–water partition coefficient (Wildman–Crippen LogP) is 1.10. The van der Waals surface area contributed by atoms with Crippen LogP contribution < -0.4 is 10.6 Å². The molecule has 9 heteroatoms. The lowest BCUT2D eigenvalue weighted by atomic mass is 10.0. The van der Waals surface area contributed by atoms with E-state index in [1.165, 1.54) is 4.90 Å². The summed E-state index contributed by atoms with van der Waals surface area (Å²) in [6, 6.07) is 4.75. The Kier molecular flexibility index (Phi) is 5.72. The Labute approximate surface area is 174 Å². The molecule has 3 aliphatic heterocycles. The summed E-state index contributed by atoms with van der Waals surface area (Å²) < 4.78 is 10.7. The number of fused-ring (bicyclic) bond motifs is 1. The average molecular weight is 415 g/mol. The van der Waals surface area contributed by atoms with E-state index in [4.69, 9.17) is 9.47 Å². The number of hydrogen-bond acceptors (Lipinski definition) is 6. The molecule has 3 atom stereocenters. The van der Waals surface area contributed by atoms with Crippen molar-refractivity contribution in [2.24, 2.45) is 5.92 Å². The summed E-state index contributed by atoms with van der Waals surface area (Å²) in [5, 5.41) is 4.98. The molecule has 0 unspecified atom stereocenters. The van der Waals surface area contributed by atoms with Crippen molar-refractivity contribution >= 4 is 23.8 Å². The minimum Gasteiger partial charge on any atom is -0.447 e. The molecule has 160 valence electrons. The molecule has 9 nitrogen and oxygen atoms in total. The van der Waals surface area contributed by atoms with Crippen molar-refractivity contribution < 1.29 is 28.7 Å². The molecule has 0 aromatic heterocycles. The molecule has 2 saturated heterocycles. The molecular formula is C21H25N3O6. The highest BCUT2D eigenvalue weighted by Crippen LogP contribution is 2.28. The van der Waals surface area contributed by atoms with Gasteiger partial charge in [0, 0.05) is 31.7 Å². The highest BCUT2D eigenvalue weighted by molar-refractivity contribution is 6.05.